The number of fused-ring (bicyclic) bond motifs is 1. The summed E-state index contributed by atoms with van der Waals surface area (Å²) >= 11 is 2.88. The van der Waals surface area contributed by atoms with Gasteiger partial charge in [0, 0.05) is 17.6 Å². The van der Waals surface area contributed by atoms with Crippen LogP contribution < -0.4 is 4.90 Å². The average Bonchev–Trinajstić information content (AvgIpc) is 3.28. The summed E-state index contributed by atoms with van der Waals surface area (Å²) in [6.45, 7) is 2.72. The third kappa shape index (κ3) is 3.81. The lowest BCUT2D eigenvalue weighted by molar-refractivity contribution is -0.116. The van der Waals surface area contributed by atoms with Crippen LogP contribution in [0.1, 0.15) is 28.6 Å². The van der Waals surface area contributed by atoms with Crippen molar-refractivity contribution in [1.82, 2.24) is 15.2 Å². The fourth-order valence-corrected chi connectivity index (χ4v) is 4.28. The van der Waals surface area contributed by atoms with E-state index in [1.165, 1.54) is 17.3 Å². The monoisotopic (exact) mass is 386 g/mol. The number of nitrogens with zero attached hydrogens (tertiary/aromatic N) is 4. The summed E-state index contributed by atoms with van der Waals surface area (Å²) in [7, 11) is 0. The Balaban J connectivity index is 1.37. The molecule has 0 bridgehead atoms. The number of hydrogen-bond donors (Lipinski definition) is 0. The molecule has 26 heavy (non-hydrogen) atoms. The zero-order valence-corrected chi connectivity index (χ0v) is 16.0. The Labute approximate surface area is 159 Å². The minimum absolute atomic E-state index is 0.0667. The minimum atomic E-state index is 0.0667. The van der Waals surface area contributed by atoms with E-state index in [1.54, 1.807) is 11.3 Å². The molecule has 1 aliphatic heterocycles. The van der Waals surface area contributed by atoms with Crippen molar-refractivity contribution in [3.05, 3.63) is 51.8 Å². The largest absolute Gasteiger partial charge is 0.416 e. The fourth-order valence-electron chi connectivity index (χ4n) is 3.01. The van der Waals surface area contributed by atoms with Crippen LogP contribution in [0, 0.1) is 6.92 Å². The molecule has 1 amide bonds. The molecule has 1 aromatic carbocycles. The van der Waals surface area contributed by atoms with Gasteiger partial charge in [-0.15, -0.1) is 21.5 Å². The number of carbonyl (C=O) groups is 1. The molecule has 0 aliphatic carbocycles. The summed E-state index contributed by atoms with van der Waals surface area (Å²) < 4.78 is 5.64. The Morgan fingerprint density at radius 1 is 1.35 bits per heavy atom. The number of anilines is 1. The van der Waals surface area contributed by atoms with E-state index in [4.69, 9.17) is 4.42 Å². The number of benzene rings is 1. The number of para-hydroxylation sites is 1. The van der Waals surface area contributed by atoms with Crippen molar-refractivity contribution in [3.8, 4) is 0 Å². The fraction of sp³-hybridized carbons (Fsp3) is 0.333. The summed E-state index contributed by atoms with van der Waals surface area (Å²) in [6, 6.07) is 8.09. The van der Waals surface area contributed by atoms with Gasteiger partial charge in [0.1, 0.15) is 0 Å². The van der Waals surface area contributed by atoms with Crippen molar-refractivity contribution >= 4 is 34.7 Å². The average molecular weight is 387 g/mol. The number of hydrogen-bond acceptors (Lipinski definition) is 7. The lowest BCUT2D eigenvalue weighted by atomic mass is 10.0. The summed E-state index contributed by atoms with van der Waals surface area (Å²) in [4.78, 5) is 18.9. The van der Waals surface area contributed by atoms with Gasteiger partial charge < -0.3 is 9.32 Å². The van der Waals surface area contributed by atoms with Crippen LogP contribution in [0.15, 0.2) is 39.3 Å². The van der Waals surface area contributed by atoms with Gasteiger partial charge in [-0.1, -0.05) is 30.0 Å². The lowest BCUT2D eigenvalue weighted by Gasteiger charge is -2.29. The van der Waals surface area contributed by atoms with Crippen molar-refractivity contribution in [2.45, 2.75) is 31.4 Å². The minimum Gasteiger partial charge on any atom is -0.416 e. The molecule has 0 N–H and O–H groups in total. The Morgan fingerprint density at radius 2 is 2.23 bits per heavy atom. The van der Waals surface area contributed by atoms with Crippen molar-refractivity contribution in [2.75, 3.05) is 17.2 Å². The summed E-state index contributed by atoms with van der Waals surface area (Å²) in [6.07, 6.45) is 2.53. The molecule has 0 unspecified atom stereocenters. The predicted molar refractivity (Wildman–Crippen MR) is 102 cm³/mol. The normalized spacial score (nSPS) is 13.7. The zero-order chi connectivity index (χ0) is 17.9. The molecule has 0 spiro atoms. The number of thiazole rings is 1. The number of aromatic nitrogens is 3. The smallest absolute Gasteiger partial charge is 0.277 e. The van der Waals surface area contributed by atoms with E-state index in [1.807, 2.05) is 35.4 Å². The first-order chi connectivity index (χ1) is 12.7. The predicted octanol–water partition coefficient (Wildman–Crippen LogP) is 3.50. The molecule has 3 heterocycles. The van der Waals surface area contributed by atoms with Gasteiger partial charge in [-0.25, -0.2) is 4.98 Å². The summed E-state index contributed by atoms with van der Waals surface area (Å²) in [5.41, 5.74) is 3.18. The van der Waals surface area contributed by atoms with Crippen LogP contribution in [-0.4, -0.2) is 33.4 Å². The molecule has 134 valence electrons. The van der Waals surface area contributed by atoms with E-state index in [-0.39, 0.29) is 11.7 Å². The van der Waals surface area contributed by atoms with Gasteiger partial charge in [0.05, 0.1) is 22.9 Å². The van der Waals surface area contributed by atoms with Gasteiger partial charge in [0.25, 0.3) is 5.22 Å². The van der Waals surface area contributed by atoms with Gasteiger partial charge in [0.2, 0.25) is 11.8 Å². The van der Waals surface area contributed by atoms with E-state index in [9.17, 15) is 4.79 Å². The first-order valence-electron chi connectivity index (χ1n) is 8.43. The molecule has 8 heteroatoms. The van der Waals surface area contributed by atoms with E-state index in [0.717, 1.165) is 35.8 Å². The maximum absolute atomic E-state index is 12.6. The third-order valence-corrected chi connectivity index (χ3v) is 5.80. The molecular weight excluding hydrogens is 368 g/mol. The third-order valence-electron chi connectivity index (χ3n) is 4.18. The van der Waals surface area contributed by atoms with E-state index < -0.39 is 0 Å². The Bertz CT molecular complexity index is 921. The van der Waals surface area contributed by atoms with Crippen LogP contribution in [0.4, 0.5) is 5.69 Å². The second-order valence-electron chi connectivity index (χ2n) is 6.06. The molecular formula is C18H18N4O2S2. The van der Waals surface area contributed by atoms with Gasteiger partial charge in [-0.05, 0) is 31.4 Å². The molecule has 0 atom stereocenters. The van der Waals surface area contributed by atoms with Crippen molar-refractivity contribution < 1.29 is 9.21 Å². The Hall–Kier alpha value is -2.19. The van der Waals surface area contributed by atoms with E-state index in [0.29, 0.717) is 17.5 Å². The van der Waals surface area contributed by atoms with Crippen LogP contribution in [0.25, 0.3) is 0 Å². The molecule has 0 saturated carbocycles. The number of rotatable bonds is 5. The molecule has 6 nitrogen and oxygen atoms in total. The van der Waals surface area contributed by atoms with E-state index in [2.05, 4.69) is 21.2 Å². The number of amides is 1. The topological polar surface area (TPSA) is 72.1 Å². The van der Waals surface area contributed by atoms with Crippen LogP contribution >= 0.6 is 23.1 Å². The van der Waals surface area contributed by atoms with Crippen LogP contribution in [0.3, 0.4) is 0 Å². The zero-order valence-electron chi connectivity index (χ0n) is 14.3. The first kappa shape index (κ1) is 17.2. The highest BCUT2D eigenvalue weighted by Gasteiger charge is 2.22. The van der Waals surface area contributed by atoms with Gasteiger partial charge >= 0.3 is 0 Å². The van der Waals surface area contributed by atoms with E-state index >= 15 is 0 Å². The molecule has 0 saturated heterocycles. The number of carbonyl (C=O) groups excluding carboxylic acids is 1. The van der Waals surface area contributed by atoms with Crippen molar-refractivity contribution in [2.24, 2.45) is 0 Å². The molecule has 2 aromatic heterocycles. The highest BCUT2D eigenvalue weighted by atomic mass is 32.2. The lowest BCUT2D eigenvalue weighted by Crippen LogP contribution is -2.36. The Morgan fingerprint density at radius 3 is 3.08 bits per heavy atom. The Kier molecular flexibility index (Phi) is 5.03. The van der Waals surface area contributed by atoms with Gasteiger partial charge in [-0.2, -0.15) is 0 Å². The second kappa shape index (κ2) is 7.59. The van der Waals surface area contributed by atoms with Crippen LogP contribution in [-0.2, 0) is 17.6 Å². The maximum Gasteiger partial charge on any atom is 0.277 e. The standard InChI is InChI=1S/C18H18N4O2S2/c1-12-19-14(10-25-12)9-16-20-21-18(24-16)26-11-17(23)22-8-4-6-13-5-2-3-7-15(13)22/h2-3,5,7,10H,4,6,8-9,11H2,1H3. The molecule has 0 fully saturated rings. The molecule has 1 aliphatic rings. The SMILES string of the molecule is Cc1nc(Cc2nnc(SCC(=O)N3CCCc4ccccc43)o2)cs1. The maximum atomic E-state index is 12.6. The molecule has 0 radical (unpaired) electrons. The highest BCUT2D eigenvalue weighted by Crippen LogP contribution is 2.28. The quantitative estimate of drug-likeness (QED) is 0.625. The number of thioether (sulfide) groups is 1. The highest BCUT2D eigenvalue weighted by molar-refractivity contribution is 7.99. The first-order valence-corrected chi connectivity index (χ1v) is 10.3. The summed E-state index contributed by atoms with van der Waals surface area (Å²) in [5.74, 6) is 0.872. The van der Waals surface area contributed by atoms with Crippen LogP contribution in [0.2, 0.25) is 0 Å². The number of aryl methyl sites for hydroxylation is 2. The van der Waals surface area contributed by atoms with Gasteiger partial charge in [-0.3, -0.25) is 4.79 Å². The van der Waals surface area contributed by atoms with Crippen molar-refractivity contribution in [3.63, 3.8) is 0 Å². The second-order valence-corrected chi connectivity index (χ2v) is 8.05. The van der Waals surface area contributed by atoms with Crippen molar-refractivity contribution in [1.29, 1.82) is 0 Å². The van der Waals surface area contributed by atoms with Crippen LogP contribution in [0.5, 0.6) is 0 Å². The summed E-state index contributed by atoms with van der Waals surface area (Å²) in [5, 5.41) is 11.5. The van der Waals surface area contributed by atoms with Gasteiger partial charge in [0.15, 0.2) is 0 Å². The molecule has 3 aromatic rings. The molecule has 4 rings (SSSR count).